The van der Waals surface area contributed by atoms with Gasteiger partial charge in [-0.1, -0.05) is 11.2 Å². The van der Waals surface area contributed by atoms with E-state index in [1.165, 1.54) is 0 Å². The molecule has 8 heteroatoms. The normalized spacial score (nSPS) is 15.5. The number of halogens is 1. The van der Waals surface area contributed by atoms with Gasteiger partial charge in [-0.3, -0.25) is 0 Å². The topological polar surface area (TPSA) is 78.6 Å². The van der Waals surface area contributed by atoms with E-state index in [-0.39, 0.29) is 24.0 Å². The van der Waals surface area contributed by atoms with E-state index in [0.717, 1.165) is 55.6 Å². The second kappa shape index (κ2) is 10.3. The fourth-order valence-electron chi connectivity index (χ4n) is 2.95. The van der Waals surface area contributed by atoms with Crippen molar-refractivity contribution in [3.63, 3.8) is 0 Å². The molecule has 7 nitrogen and oxygen atoms in total. The standard InChI is InChI=1S/C18H26N6O.HI/c1-3-19-18(20-13-16-9-12-25-23-16)22-15-7-10-24(11-8-15)17-6-4-5-14(2)21-17;/h4-6,9,12,15H,3,7-8,10-11,13H2,1-2H3,(H2,19,20,22);1H. The average Bonchev–Trinajstić information content (AvgIpc) is 3.14. The number of aryl methyl sites for hydroxylation is 1. The van der Waals surface area contributed by atoms with Crippen LogP contribution >= 0.6 is 24.0 Å². The van der Waals surface area contributed by atoms with Gasteiger partial charge in [-0.2, -0.15) is 0 Å². The quantitative estimate of drug-likeness (QED) is 0.398. The molecule has 0 aliphatic carbocycles. The Morgan fingerprint density at radius 1 is 1.31 bits per heavy atom. The summed E-state index contributed by atoms with van der Waals surface area (Å²) in [7, 11) is 0. The third-order valence-electron chi connectivity index (χ3n) is 4.27. The van der Waals surface area contributed by atoms with Gasteiger partial charge in [0, 0.05) is 37.4 Å². The maximum Gasteiger partial charge on any atom is 0.191 e. The number of hydrogen-bond donors (Lipinski definition) is 2. The first kappa shape index (κ1) is 20.5. The molecule has 1 saturated heterocycles. The van der Waals surface area contributed by atoms with Crippen molar-refractivity contribution in [1.29, 1.82) is 0 Å². The average molecular weight is 470 g/mol. The summed E-state index contributed by atoms with van der Waals surface area (Å²) >= 11 is 0. The molecule has 3 rings (SSSR count). The molecule has 26 heavy (non-hydrogen) atoms. The molecule has 0 bridgehead atoms. The van der Waals surface area contributed by atoms with Crippen LogP contribution in [0.5, 0.6) is 0 Å². The van der Waals surface area contributed by atoms with Crippen LogP contribution in [0.1, 0.15) is 31.2 Å². The summed E-state index contributed by atoms with van der Waals surface area (Å²) in [5.74, 6) is 1.91. The van der Waals surface area contributed by atoms with Crippen molar-refractivity contribution in [3.8, 4) is 0 Å². The Bertz CT molecular complexity index is 683. The number of piperidine rings is 1. The lowest BCUT2D eigenvalue weighted by Crippen LogP contribution is -2.48. The molecule has 2 aromatic heterocycles. The molecule has 0 aromatic carbocycles. The Morgan fingerprint density at radius 2 is 2.12 bits per heavy atom. The zero-order valence-corrected chi connectivity index (χ0v) is 17.6. The van der Waals surface area contributed by atoms with E-state index in [0.29, 0.717) is 12.6 Å². The predicted octanol–water partition coefficient (Wildman–Crippen LogP) is 2.72. The molecule has 1 aliphatic heterocycles. The highest BCUT2D eigenvalue weighted by molar-refractivity contribution is 14.0. The minimum atomic E-state index is 0. The van der Waals surface area contributed by atoms with Crippen molar-refractivity contribution in [1.82, 2.24) is 20.8 Å². The molecule has 142 valence electrons. The monoisotopic (exact) mass is 470 g/mol. The highest BCUT2D eigenvalue weighted by atomic mass is 127. The van der Waals surface area contributed by atoms with Crippen LogP contribution in [0, 0.1) is 6.92 Å². The molecule has 0 atom stereocenters. The Balaban J connectivity index is 0.00000243. The van der Waals surface area contributed by atoms with Gasteiger partial charge >= 0.3 is 0 Å². The minimum absolute atomic E-state index is 0. The van der Waals surface area contributed by atoms with Crippen molar-refractivity contribution in [2.24, 2.45) is 4.99 Å². The second-order valence-corrected chi connectivity index (χ2v) is 6.23. The SMILES string of the molecule is CCNC(=NCc1ccon1)NC1CCN(c2cccc(C)n2)CC1.I. The van der Waals surface area contributed by atoms with Gasteiger partial charge in [0.2, 0.25) is 0 Å². The molecule has 1 fully saturated rings. The summed E-state index contributed by atoms with van der Waals surface area (Å²) in [6.45, 7) is 7.44. The summed E-state index contributed by atoms with van der Waals surface area (Å²) in [5.41, 5.74) is 1.89. The van der Waals surface area contributed by atoms with Crippen molar-refractivity contribution >= 4 is 35.8 Å². The maximum absolute atomic E-state index is 4.85. The molecule has 2 N–H and O–H groups in total. The molecule has 2 aromatic rings. The Kier molecular flexibility index (Phi) is 8.14. The molecule has 0 unspecified atom stereocenters. The van der Waals surface area contributed by atoms with Gasteiger partial charge < -0.3 is 20.1 Å². The largest absolute Gasteiger partial charge is 0.364 e. The van der Waals surface area contributed by atoms with Crippen LogP contribution in [-0.4, -0.2) is 41.8 Å². The van der Waals surface area contributed by atoms with Gasteiger partial charge in [0.25, 0.3) is 0 Å². The Hall–Kier alpha value is -1.84. The summed E-state index contributed by atoms with van der Waals surface area (Å²) in [6.07, 6.45) is 3.69. The van der Waals surface area contributed by atoms with Gasteiger partial charge in [0.05, 0.1) is 6.54 Å². The number of aliphatic imine (C=N–C) groups is 1. The number of nitrogens with zero attached hydrogens (tertiary/aromatic N) is 4. The van der Waals surface area contributed by atoms with Crippen molar-refractivity contribution in [2.75, 3.05) is 24.5 Å². The number of anilines is 1. The third kappa shape index (κ3) is 5.86. The zero-order valence-electron chi connectivity index (χ0n) is 15.3. The summed E-state index contributed by atoms with van der Waals surface area (Å²) in [5, 5.41) is 10.7. The molecule has 1 aliphatic rings. The Labute approximate surface area is 171 Å². The van der Waals surface area contributed by atoms with E-state index in [1.807, 2.05) is 19.1 Å². The van der Waals surface area contributed by atoms with Gasteiger partial charge in [0.1, 0.15) is 17.8 Å². The predicted molar refractivity (Wildman–Crippen MR) is 114 cm³/mol. The van der Waals surface area contributed by atoms with E-state index >= 15 is 0 Å². The highest BCUT2D eigenvalue weighted by Crippen LogP contribution is 2.18. The molecule has 0 radical (unpaired) electrons. The first-order chi connectivity index (χ1) is 12.2. The lowest BCUT2D eigenvalue weighted by Gasteiger charge is -2.34. The minimum Gasteiger partial charge on any atom is -0.364 e. The van der Waals surface area contributed by atoms with Gasteiger partial charge in [-0.05, 0) is 38.8 Å². The van der Waals surface area contributed by atoms with Crippen molar-refractivity contribution in [3.05, 3.63) is 41.9 Å². The lowest BCUT2D eigenvalue weighted by atomic mass is 10.1. The van der Waals surface area contributed by atoms with E-state index in [9.17, 15) is 0 Å². The summed E-state index contributed by atoms with van der Waals surface area (Å²) in [6, 6.07) is 8.44. The van der Waals surface area contributed by atoms with Crippen LogP contribution in [-0.2, 0) is 6.54 Å². The summed E-state index contributed by atoms with van der Waals surface area (Å²) < 4.78 is 4.85. The maximum atomic E-state index is 4.85. The number of aromatic nitrogens is 2. The number of rotatable bonds is 5. The number of nitrogens with one attached hydrogen (secondary N) is 2. The van der Waals surface area contributed by atoms with E-state index in [1.54, 1.807) is 6.26 Å². The van der Waals surface area contributed by atoms with Crippen LogP contribution in [0.25, 0.3) is 0 Å². The van der Waals surface area contributed by atoms with Crippen LogP contribution < -0.4 is 15.5 Å². The van der Waals surface area contributed by atoms with Gasteiger partial charge in [-0.15, -0.1) is 24.0 Å². The van der Waals surface area contributed by atoms with Crippen LogP contribution in [0.15, 0.2) is 40.0 Å². The molecule has 0 saturated carbocycles. The van der Waals surface area contributed by atoms with E-state index < -0.39 is 0 Å². The van der Waals surface area contributed by atoms with Crippen LogP contribution in [0.3, 0.4) is 0 Å². The molecule has 3 heterocycles. The third-order valence-corrected chi connectivity index (χ3v) is 4.27. The fourth-order valence-corrected chi connectivity index (χ4v) is 2.95. The van der Waals surface area contributed by atoms with E-state index in [4.69, 9.17) is 4.52 Å². The zero-order chi connectivity index (χ0) is 17.5. The van der Waals surface area contributed by atoms with Crippen LogP contribution in [0.2, 0.25) is 0 Å². The second-order valence-electron chi connectivity index (χ2n) is 6.23. The van der Waals surface area contributed by atoms with Crippen LogP contribution in [0.4, 0.5) is 5.82 Å². The number of hydrogen-bond acceptors (Lipinski definition) is 5. The van der Waals surface area contributed by atoms with E-state index in [2.05, 4.69) is 49.7 Å². The molecular weight excluding hydrogens is 443 g/mol. The van der Waals surface area contributed by atoms with Gasteiger partial charge in [-0.25, -0.2) is 9.98 Å². The Morgan fingerprint density at radius 3 is 2.77 bits per heavy atom. The first-order valence-electron chi connectivity index (χ1n) is 8.87. The first-order valence-corrected chi connectivity index (χ1v) is 8.87. The highest BCUT2D eigenvalue weighted by Gasteiger charge is 2.20. The summed E-state index contributed by atoms with van der Waals surface area (Å²) in [4.78, 5) is 11.6. The number of pyridine rings is 1. The lowest BCUT2D eigenvalue weighted by molar-refractivity contribution is 0.412. The smallest absolute Gasteiger partial charge is 0.191 e. The molecular formula is C18H27IN6O. The van der Waals surface area contributed by atoms with Gasteiger partial charge in [0.15, 0.2) is 5.96 Å². The van der Waals surface area contributed by atoms with Crippen molar-refractivity contribution in [2.45, 2.75) is 39.3 Å². The molecule has 0 spiro atoms. The van der Waals surface area contributed by atoms with Crippen molar-refractivity contribution < 1.29 is 4.52 Å². The number of guanidine groups is 1. The fraction of sp³-hybridized carbons (Fsp3) is 0.500. The molecule has 0 amide bonds.